The van der Waals surface area contributed by atoms with Gasteiger partial charge in [0.1, 0.15) is 12.4 Å². The molecule has 8 rings (SSSR count). The second-order valence-corrected chi connectivity index (χ2v) is 10.4. The number of benzene rings is 6. The molecule has 0 unspecified atom stereocenters. The van der Waals surface area contributed by atoms with Gasteiger partial charge < -0.3 is 4.74 Å². The van der Waals surface area contributed by atoms with E-state index in [0.29, 0.717) is 6.61 Å². The van der Waals surface area contributed by atoms with E-state index < -0.39 is 0 Å². The van der Waals surface area contributed by atoms with Gasteiger partial charge in [0.2, 0.25) is 0 Å². The molecule has 0 saturated carbocycles. The zero-order chi connectivity index (χ0) is 27.2. The number of aromatic nitrogens is 2. The normalized spacial score (nSPS) is 12.0. The summed E-state index contributed by atoms with van der Waals surface area (Å²) in [6, 6.07) is 51.5. The van der Waals surface area contributed by atoms with Crippen molar-refractivity contribution in [2.45, 2.75) is 6.61 Å². The van der Waals surface area contributed by atoms with E-state index in [-0.39, 0.29) is 0 Å². The van der Waals surface area contributed by atoms with Crippen LogP contribution < -0.4 is 4.74 Å². The third-order valence-electron chi connectivity index (χ3n) is 7.91. The lowest BCUT2D eigenvalue weighted by molar-refractivity contribution is 0.280. The standard InChI is InChI=1S/C38H26N2O/c1-3-11-26(12-4-1)31-17-10-18-32(27-13-5-2-6-14-27)38(31)30-16-9-15-28(23-30)29-21-22-34-33(24-29)39-37-25-41-36-20-8-7-19-35(36)40(34)37/h1-24H,25H2. The number of rotatable bonds is 4. The van der Waals surface area contributed by atoms with Gasteiger partial charge in [0.05, 0.1) is 16.7 Å². The van der Waals surface area contributed by atoms with Crippen LogP contribution in [0.15, 0.2) is 146 Å². The van der Waals surface area contributed by atoms with E-state index in [4.69, 9.17) is 9.72 Å². The minimum absolute atomic E-state index is 0.467. The molecule has 0 bridgehead atoms. The number of hydrogen-bond donors (Lipinski definition) is 0. The highest BCUT2D eigenvalue weighted by Crippen LogP contribution is 2.41. The Morgan fingerprint density at radius 3 is 1.88 bits per heavy atom. The Bertz CT molecular complexity index is 1980. The zero-order valence-corrected chi connectivity index (χ0v) is 22.4. The summed E-state index contributed by atoms with van der Waals surface area (Å²) in [5.41, 5.74) is 12.7. The maximum absolute atomic E-state index is 5.97. The van der Waals surface area contributed by atoms with Gasteiger partial charge >= 0.3 is 0 Å². The number of para-hydroxylation sites is 2. The van der Waals surface area contributed by atoms with Gasteiger partial charge in [0, 0.05) is 0 Å². The second kappa shape index (κ2) is 9.65. The maximum Gasteiger partial charge on any atom is 0.152 e. The van der Waals surface area contributed by atoms with E-state index in [1.165, 1.54) is 33.4 Å². The highest BCUT2D eigenvalue weighted by Gasteiger charge is 2.21. The summed E-state index contributed by atoms with van der Waals surface area (Å²) in [4.78, 5) is 4.96. The molecule has 0 atom stereocenters. The van der Waals surface area contributed by atoms with Crippen LogP contribution in [0, 0.1) is 0 Å². The highest BCUT2D eigenvalue weighted by molar-refractivity contribution is 5.96. The highest BCUT2D eigenvalue weighted by atomic mass is 16.5. The summed E-state index contributed by atoms with van der Waals surface area (Å²) in [7, 11) is 0. The zero-order valence-electron chi connectivity index (χ0n) is 22.4. The molecule has 3 heteroatoms. The largest absolute Gasteiger partial charge is 0.483 e. The molecule has 6 aromatic carbocycles. The van der Waals surface area contributed by atoms with Crippen molar-refractivity contribution in [3.05, 3.63) is 151 Å². The molecular formula is C38H26N2O. The lowest BCUT2D eigenvalue weighted by Crippen LogP contribution is -2.12. The first kappa shape index (κ1) is 23.5. The van der Waals surface area contributed by atoms with Crippen LogP contribution in [0.1, 0.15) is 5.82 Å². The second-order valence-electron chi connectivity index (χ2n) is 10.4. The molecule has 2 heterocycles. The van der Waals surface area contributed by atoms with E-state index in [9.17, 15) is 0 Å². The van der Waals surface area contributed by atoms with E-state index >= 15 is 0 Å². The van der Waals surface area contributed by atoms with Crippen LogP contribution in [0.2, 0.25) is 0 Å². The van der Waals surface area contributed by atoms with Crippen molar-refractivity contribution >= 4 is 11.0 Å². The predicted octanol–water partition coefficient (Wildman–Crippen LogP) is 9.59. The first-order valence-corrected chi connectivity index (χ1v) is 13.9. The van der Waals surface area contributed by atoms with Crippen molar-refractivity contribution in [2.24, 2.45) is 0 Å². The first-order chi connectivity index (χ1) is 20.3. The van der Waals surface area contributed by atoms with Gasteiger partial charge in [-0.15, -0.1) is 0 Å². The van der Waals surface area contributed by atoms with Crippen LogP contribution in [0.25, 0.3) is 61.2 Å². The molecule has 3 nitrogen and oxygen atoms in total. The van der Waals surface area contributed by atoms with Gasteiger partial charge in [-0.2, -0.15) is 0 Å². The summed E-state index contributed by atoms with van der Waals surface area (Å²) in [6.07, 6.45) is 0. The van der Waals surface area contributed by atoms with Crippen molar-refractivity contribution in [1.82, 2.24) is 9.55 Å². The van der Waals surface area contributed by atoms with Gasteiger partial charge in [-0.25, -0.2) is 4.98 Å². The van der Waals surface area contributed by atoms with Gasteiger partial charge in [0.25, 0.3) is 0 Å². The average Bonchev–Trinajstić information content (AvgIpc) is 3.44. The fourth-order valence-corrected chi connectivity index (χ4v) is 6.02. The van der Waals surface area contributed by atoms with Gasteiger partial charge in [-0.3, -0.25) is 4.57 Å². The molecule has 0 aliphatic carbocycles. The average molecular weight is 527 g/mol. The molecule has 1 aliphatic rings. The van der Waals surface area contributed by atoms with E-state index in [1.54, 1.807) is 0 Å². The van der Waals surface area contributed by atoms with Gasteiger partial charge in [-0.05, 0) is 74.8 Å². The maximum atomic E-state index is 5.97. The molecule has 0 N–H and O–H groups in total. The number of hydrogen-bond acceptors (Lipinski definition) is 2. The van der Waals surface area contributed by atoms with Crippen molar-refractivity contribution < 1.29 is 4.74 Å². The van der Waals surface area contributed by atoms with Crippen LogP contribution in [0.4, 0.5) is 0 Å². The van der Waals surface area contributed by atoms with E-state index in [0.717, 1.165) is 39.4 Å². The molecule has 0 saturated heterocycles. The molecule has 0 fully saturated rings. The minimum Gasteiger partial charge on any atom is -0.483 e. The summed E-state index contributed by atoms with van der Waals surface area (Å²) in [5, 5.41) is 0. The number of ether oxygens (including phenoxy) is 1. The molecule has 1 aromatic heterocycles. The van der Waals surface area contributed by atoms with Crippen LogP contribution in [0.5, 0.6) is 5.75 Å². The lowest BCUT2D eigenvalue weighted by Gasteiger charge is -2.19. The number of fused-ring (bicyclic) bond motifs is 5. The minimum atomic E-state index is 0.467. The smallest absolute Gasteiger partial charge is 0.152 e. The quantitative estimate of drug-likeness (QED) is 0.228. The molecular weight excluding hydrogens is 500 g/mol. The summed E-state index contributed by atoms with van der Waals surface area (Å²) < 4.78 is 8.19. The molecule has 0 spiro atoms. The Morgan fingerprint density at radius 1 is 0.512 bits per heavy atom. The van der Waals surface area contributed by atoms with Crippen LogP contribution in [-0.2, 0) is 6.61 Å². The van der Waals surface area contributed by atoms with Crippen LogP contribution in [0.3, 0.4) is 0 Å². The molecule has 41 heavy (non-hydrogen) atoms. The Labute approximate surface area is 239 Å². The summed E-state index contributed by atoms with van der Waals surface area (Å²) >= 11 is 0. The van der Waals surface area contributed by atoms with Gasteiger partial charge in [0.15, 0.2) is 5.82 Å². The Kier molecular flexibility index (Phi) is 5.53. The number of imidazole rings is 1. The van der Waals surface area contributed by atoms with Crippen molar-refractivity contribution in [3.8, 4) is 55.9 Å². The first-order valence-electron chi connectivity index (χ1n) is 13.9. The topological polar surface area (TPSA) is 27.1 Å². The third-order valence-corrected chi connectivity index (χ3v) is 7.91. The van der Waals surface area contributed by atoms with E-state index in [1.807, 2.05) is 18.2 Å². The van der Waals surface area contributed by atoms with Crippen molar-refractivity contribution in [2.75, 3.05) is 0 Å². The molecule has 7 aromatic rings. The van der Waals surface area contributed by atoms with Gasteiger partial charge in [-0.1, -0.05) is 115 Å². The van der Waals surface area contributed by atoms with Crippen molar-refractivity contribution in [1.29, 1.82) is 0 Å². The predicted molar refractivity (Wildman–Crippen MR) is 167 cm³/mol. The monoisotopic (exact) mass is 526 g/mol. The fourth-order valence-electron chi connectivity index (χ4n) is 6.02. The third kappa shape index (κ3) is 4.02. The Hall–Kier alpha value is -5.41. The molecule has 1 aliphatic heterocycles. The lowest BCUT2D eigenvalue weighted by atomic mass is 9.86. The Morgan fingerprint density at radius 2 is 1.12 bits per heavy atom. The van der Waals surface area contributed by atoms with Crippen LogP contribution in [-0.4, -0.2) is 9.55 Å². The van der Waals surface area contributed by atoms with Crippen LogP contribution >= 0.6 is 0 Å². The fraction of sp³-hybridized carbons (Fsp3) is 0.0263. The summed E-state index contributed by atoms with van der Waals surface area (Å²) in [6.45, 7) is 0.467. The number of nitrogens with zero attached hydrogens (tertiary/aromatic N) is 2. The van der Waals surface area contributed by atoms with Crippen molar-refractivity contribution in [3.63, 3.8) is 0 Å². The molecule has 0 amide bonds. The SMILES string of the molecule is c1ccc(-c2cccc(-c3ccccc3)c2-c2cccc(-c3ccc4c(c3)nc3n4-c4ccccc4OC3)c2)cc1. The Balaban J connectivity index is 1.28. The molecule has 0 radical (unpaired) electrons. The summed E-state index contributed by atoms with van der Waals surface area (Å²) in [5.74, 6) is 1.82. The van der Waals surface area contributed by atoms with E-state index in [2.05, 4.69) is 132 Å². The molecule has 194 valence electrons.